The van der Waals surface area contributed by atoms with E-state index < -0.39 is 10.8 Å². The number of amides is 1. The van der Waals surface area contributed by atoms with Crippen molar-refractivity contribution in [2.45, 2.75) is 0 Å². The lowest BCUT2D eigenvalue weighted by molar-refractivity contribution is -0.384. The second-order valence-electron chi connectivity index (χ2n) is 3.50. The molecule has 0 fully saturated rings. The molecule has 0 aliphatic heterocycles. The van der Waals surface area contributed by atoms with Crippen LogP contribution in [-0.4, -0.2) is 22.9 Å². The number of benzene rings is 1. The van der Waals surface area contributed by atoms with Crippen molar-refractivity contribution in [1.29, 1.82) is 0 Å². The molecule has 0 bridgehead atoms. The lowest BCUT2D eigenvalue weighted by atomic mass is 10.1. The van der Waals surface area contributed by atoms with Gasteiger partial charge < -0.3 is 5.32 Å². The Morgan fingerprint density at radius 3 is 2.84 bits per heavy atom. The molecule has 0 aliphatic rings. The van der Waals surface area contributed by atoms with Crippen LogP contribution in [0.4, 0.5) is 16.5 Å². The summed E-state index contributed by atoms with van der Waals surface area (Å²) in [5.74, 6) is -0.557. The Morgan fingerprint density at radius 1 is 1.47 bits per heavy atom. The lowest BCUT2D eigenvalue weighted by Gasteiger charge is -2.06. The Hall–Kier alpha value is -2.48. The minimum Gasteiger partial charge on any atom is -0.383 e. The SMILES string of the molecule is CNc1cccc(C(=O)Nc2nccs2)c1[N+](=O)[O-]. The highest BCUT2D eigenvalue weighted by Gasteiger charge is 2.24. The van der Waals surface area contributed by atoms with Crippen LogP contribution in [0, 0.1) is 10.1 Å². The van der Waals surface area contributed by atoms with Crippen LogP contribution in [-0.2, 0) is 0 Å². The molecule has 0 aliphatic carbocycles. The molecule has 0 atom stereocenters. The second kappa shape index (κ2) is 5.44. The maximum atomic E-state index is 12.0. The number of nitrogens with one attached hydrogen (secondary N) is 2. The van der Waals surface area contributed by atoms with E-state index in [9.17, 15) is 14.9 Å². The van der Waals surface area contributed by atoms with E-state index in [1.165, 1.54) is 23.5 Å². The molecule has 1 aromatic heterocycles. The van der Waals surface area contributed by atoms with Gasteiger partial charge in [0.1, 0.15) is 11.3 Å². The fourth-order valence-corrected chi connectivity index (χ4v) is 2.10. The number of hydrogen-bond acceptors (Lipinski definition) is 6. The minimum absolute atomic E-state index is 0.00736. The summed E-state index contributed by atoms with van der Waals surface area (Å²) >= 11 is 1.24. The largest absolute Gasteiger partial charge is 0.383 e. The number of hydrogen-bond donors (Lipinski definition) is 2. The van der Waals surface area contributed by atoms with Gasteiger partial charge in [0.2, 0.25) is 0 Å². The Labute approximate surface area is 112 Å². The number of carbonyl (C=O) groups is 1. The van der Waals surface area contributed by atoms with Gasteiger partial charge in [-0.3, -0.25) is 20.2 Å². The molecule has 2 aromatic rings. The lowest BCUT2D eigenvalue weighted by Crippen LogP contribution is -2.14. The fourth-order valence-electron chi connectivity index (χ4n) is 1.57. The van der Waals surface area contributed by atoms with Crippen molar-refractivity contribution >= 4 is 33.8 Å². The maximum absolute atomic E-state index is 12.0. The van der Waals surface area contributed by atoms with Crippen molar-refractivity contribution in [2.24, 2.45) is 0 Å². The Balaban J connectivity index is 2.38. The van der Waals surface area contributed by atoms with E-state index >= 15 is 0 Å². The Morgan fingerprint density at radius 2 is 2.26 bits per heavy atom. The van der Waals surface area contributed by atoms with E-state index in [-0.39, 0.29) is 16.9 Å². The van der Waals surface area contributed by atoms with Crippen LogP contribution in [0.25, 0.3) is 0 Å². The highest BCUT2D eigenvalue weighted by molar-refractivity contribution is 7.13. The molecule has 0 spiro atoms. The van der Waals surface area contributed by atoms with E-state index in [2.05, 4.69) is 15.6 Å². The van der Waals surface area contributed by atoms with Crippen molar-refractivity contribution in [3.63, 3.8) is 0 Å². The van der Waals surface area contributed by atoms with Crippen LogP contribution in [0.2, 0.25) is 0 Å². The van der Waals surface area contributed by atoms with Gasteiger partial charge in [-0.25, -0.2) is 4.98 Å². The zero-order valence-corrected chi connectivity index (χ0v) is 10.7. The molecule has 1 amide bonds. The average molecular weight is 278 g/mol. The highest BCUT2D eigenvalue weighted by Crippen LogP contribution is 2.28. The number of aromatic nitrogens is 1. The Bertz CT molecular complexity index is 612. The highest BCUT2D eigenvalue weighted by atomic mass is 32.1. The van der Waals surface area contributed by atoms with Gasteiger partial charge in [0.25, 0.3) is 5.91 Å². The maximum Gasteiger partial charge on any atom is 0.305 e. The van der Waals surface area contributed by atoms with E-state index in [0.29, 0.717) is 5.13 Å². The van der Waals surface area contributed by atoms with Gasteiger partial charge in [-0.15, -0.1) is 11.3 Å². The summed E-state index contributed by atoms with van der Waals surface area (Å²) in [6, 6.07) is 4.52. The molecule has 0 saturated heterocycles. The molecule has 0 radical (unpaired) electrons. The first-order valence-corrected chi connectivity index (χ1v) is 6.17. The van der Waals surface area contributed by atoms with E-state index in [1.54, 1.807) is 24.7 Å². The first-order valence-electron chi connectivity index (χ1n) is 5.29. The number of nitrogens with zero attached hydrogens (tertiary/aromatic N) is 2. The molecule has 98 valence electrons. The van der Waals surface area contributed by atoms with Crippen molar-refractivity contribution in [3.8, 4) is 0 Å². The van der Waals surface area contributed by atoms with Crippen LogP contribution in [0.3, 0.4) is 0 Å². The minimum atomic E-state index is -0.581. The summed E-state index contributed by atoms with van der Waals surface area (Å²) in [4.78, 5) is 26.4. The van der Waals surface area contributed by atoms with Gasteiger partial charge in [0.15, 0.2) is 5.13 Å². The summed E-state index contributed by atoms with van der Waals surface area (Å²) in [6.45, 7) is 0. The van der Waals surface area contributed by atoms with Gasteiger partial charge >= 0.3 is 5.69 Å². The third-order valence-electron chi connectivity index (χ3n) is 2.39. The van der Waals surface area contributed by atoms with Crippen LogP contribution in [0.1, 0.15) is 10.4 Å². The smallest absolute Gasteiger partial charge is 0.305 e. The molecule has 2 rings (SSSR count). The first kappa shape index (κ1) is 13.0. The molecule has 8 heteroatoms. The summed E-state index contributed by atoms with van der Waals surface area (Å²) in [6.07, 6.45) is 1.54. The predicted octanol–water partition coefficient (Wildman–Crippen LogP) is 2.35. The number of nitro groups is 1. The summed E-state index contributed by atoms with van der Waals surface area (Å²) < 4.78 is 0. The standard InChI is InChI=1S/C11H10N4O3S/c1-12-8-4-2-3-7(9(8)15(17)18)10(16)14-11-13-5-6-19-11/h2-6,12H,1H3,(H,13,14,16). The van der Waals surface area contributed by atoms with Crippen molar-refractivity contribution in [3.05, 3.63) is 45.5 Å². The molecular weight excluding hydrogens is 268 g/mol. The molecular formula is C11H10N4O3S. The van der Waals surface area contributed by atoms with E-state index in [4.69, 9.17) is 0 Å². The van der Waals surface area contributed by atoms with Gasteiger partial charge in [0.05, 0.1) is 4.92 Å². The molecule has 7 nitrogen and oxygen atoms in total. The number of rotatable bonds is 4. The van der Waals surface area contributed by atoms with Crippen molar-refractivity contribution in [2.75, 3.05) is 17.7 Å². The molecule has 0 unspecified atom stereocenters. The van der Waals surface area contributed by atoms with Crippen LogP contribution >= 0.6 is 11.3 Å². The van der Waals surface area contributed by atoms with Crippen molar-refractivity contribution < 1.29 is 9.72 Å². The summed E-state index contributed by atoms with van der Waals surface area (Å²) in [5, 5.41) is 18.4. The van der Waals surface area contributed by atoms with Crippen LogP contribution < -0.4 is 10.6 Å². The zero-order chi connectivity index (χ0) is 13.8. The number of thiazole rings is 1. The molecule has 1 aromatic carbocycles. The summed E-state index contributed by atoms with van der Waals surface area (Å²) in [7, 11) is 1.56. The van der Waals surface area contributed by atoms with Gasteiger partial charge in [-0.2, -0.15) is 0 Å². The first-order chi connectivity index (χ1) is 9.13. The normalized spacial score (nSPS) is 9.95. The third kappa shape index (κ3) is 2.68. The summed E-state index contributed by atoms with van der Waals surface area (Å²) in [5.41, 5.74) is 0.0305. The Kier molecular flexibility index (Phi) is 3.71. The van der Waals surface area contributed by atoms with Crippen LogP contribution in [0.15, 0.2) is 29.8 Å². The second-order valence-corrected chi connectivity index (χ2v) is 4.39. The quantitative estimate of drug-likeness (QED) is 0.661. The molecule has 1 heterocycles. The third-order valence-corrected chi connectivity index (χ3v) is 3.07. The average Bonchev–Trinajstić information content (AvgIpc) is 2.90. The van der Waals surface area contributed by atoms with E-state index in [0.717, 1.165) is 0 Å². The topological polar surface area (TPSA) is 97.2 Å². The molecule has 19 heavy (non-hydrogen) atoms. The van der Waals surface area contributed by atoms with Gasteiger partial charge in [-0.05, 0) is 12.1 Å². The number of carbonyl (C=O) groups excluding carboxylic acids is 1. The van der Waals surface area contributed by atoms with Gasteiger partial charge in [0, 0.05) is 18.6 Å². The monoisotopic (exact) mass is 278 g/mol. The van der Waals surface area contributed by atoms with E-state index in [1.807, 2.05) is 0 Å². The zero-order valence-electron chi connectivity index (χ0n) is 9.91. The van der Waals surface area contributed by atoms with Gasteiger partial charge in [-0.1, -0.05) is 6.07 Å². The van der Waals surface area contributed by atoms with Crippen LogP contribution in [0.5, 0.6) is 0 Å². The molecule has 2 N–H and O–H groups in total. The fraction of sp³-hybridized carbons (Fsp3) is 0.0909. The predicted molar refractivity (Wildman–Crippen MR) is 72.7 cm³/mol. The molecule has 0 saturated carbocycles. The number of nitro benzene ring substituents is 1. The number of para-hydroxylation sites is 1. The van der Waals surface area contributed by atoms with Crippen molar-refractivity contribution in [1.82, 2.24) is 4.98 Å². The number of anilines is 2.